The van der Waals surface area contributed by atoms with Crippen LogP contribution in [0.5, 0.6) is 0 Å². The number of likely N-dealkylation sites (tertiary alicyclic amines) is 1. The summed E-state index contributed by atoms with van der Waals surface area (Å²) in [6, 6.07) is 9.05. The number of aromatic nitrogens is 4. The Morgan fingerprint density at radius 3 is 3.04 bits per heavy atom. The molecule has 5 rings (SSSR count). The summed E-state index contributed by atoms with van der Waals surface area (Å²) in [7, 11) is 0. The van der Waals surface area contributed by atoms with Gasteiger partial charge in [0, 0.05) is 18.9 Å². The largest absolute Gasteiger partial charge is 0.341 e. The lowest BCUT2D eigenvalue weighted by molar-refractivity contribution is 0.239. The SMILES string of the molecule is Cc1ccc2nc(CN3CCC[C@@H]3c3nc4ccc(F)cc4[nH]3)cn2c1. The molecule has 1 atom stereocenters. The van der Waals surface area contributed by atoms with Gasteiger partial charge in [0.15, 0.2) is 0 Å². The molecule has 26 heavy (non-hydrogen) atoms. The number of aromatic amines is 1. The van der Waals surface area contributed by atoms with Gasteiger partial charge >= 0.3 is 0 Å². The number of imidazole rings is 2. The second kappa shape index (κ2) is 5.92. The maximum Gasteiger partial charge on any atom is 0.137 e. The van der Waals surface area contributed by atoms with Crippen molar-refractivity contribution in [1.29, 1.82) is 0 Å². The van der Waals surface area contributed by atoms with E-state index in [1.165, 1.54) is 17.7 Å². The fraction of sp³-hybridized carbons (Fsp3) is 0.300. The van der Waals surface area contributed by atoms with E-state index in [4.69, 9.17) is 9.97 Å². The third-order valence-electron chi connectivity index (χ3n) is 5.16. The molecule has 1 aliphatic heterocycles. The Bertz CT molecular complexity index is 1100. The Hall–Kier alpha value is -2.73. The summed E-state index contributed by atoms with van der Waals surface area (Å²) in [4.78, 5) is 15.1. The molecule has 0 spiro atoms. The molecule has 1 aliphatic rings. The summed E-state index contributed by atoms with van der Waals surface area (Å²) in [5.41, 5.74) is 4.83. The van der Waals surface area contributed by atoms with Gasteiger partial charge in [0.25, 0.3) is 0 Å². The van der Waals surface area contributed by atoms with Gasteiger partial charge in [0.2, 0.25) is 0 Å². The average Bonchev–Trinajstić information content (AvgIpc) is 3.31. The van der Waals surface area contributed by atoms with Crippen molar-refractivity contribution in [3.05, 3.63) is 65.6 Å². The van der Waals surface area contributed by atoms with Gasteiger partial charge in [-0.05, 0) is 56.1 Å². The number of hydrogen-bond donors (Lipinski definition) is 1. The number of pyridine rings is 1. The van der Waals surface area contributed by atoms with Crippen LogP contribution in [-0.4, -0.2) is 30.8 Å². The average molecular weight is 349 g/mol. The molecule has 0 bridgehead atoms. The number of hydrogen-bond acceptors (Lipinski definition) is 3. The number of aryl methyl sites for hydroxylation is 1. The first-order chi connectivity index (χ1) is 12.7. The first kappa shape index (κ1) is 15.5. The number of nitrogens with one attached hydrogen (secondary N) is 1. The maximum atomic E-state index is 13.4. The highest BCUT2D eigenvalue weighted by molar-refractivity contribution is 5.75. The van der Waals surface area contributed by atoms with Crippen LogP contribution in [0.3, 0.4) is 0 Å². The van der Waals surface area contributed by atoms with Crippen molar-refractivity contribution in [2.75, 3.05) is 6.54 Å². The van der Waals surface area contributed by atoms with E-state index in [1.54, 1.807) is 6.07 Å². The van der Waals surface area contributed by atoms with Gasteiger partial charge in [-0.15, -0.1) is 0 Å². The van der Waals surface area contributed by atoms with Crippen LogP contribution in [0.2, 0.25) is 0 Å². The van der Waals surface area contributed by atoms with Gasteiger partial charge in [0.05, 0.1) is 22.8 Å². The highest BCUT2D eigenvalue weighted by Gasteiger charge is 2.29. The molecule has 1 fully saturated rings. The van der Waals surface area contributed by atoms with Crippen LogP contribution in [-0.2, 0) is 6.54 Å². The Morgan fingerprint density at radius 1 is 1.19 bits per heavy atom. The minimum Gasteiger partial charge on any atom is -0.341 e. The zero-order valence-corrected chi connectivity index (χ0v) is 14.6. The van der Waals surface area contributed by atoms with Gasteiger partial charge in [-0.25, -0.2) is 14.4 Å². The molecule has 0 amide bonds. The van der Waals surface area contributed by atoms with Gasteiger partial charge < -0.3 is 9.38 Å². The Labute approximate surface area is 150 Å². The molecule has 3 aromatic heterocycles. The molecule has 1 saturated heterocycles. The third kappa shape index (κ3) is 2.66. The van der Waals surface area contributed by atoms with Gasteiger partial charge in [-0.1, -0.05) is 6.07 Å². The Balaban J connectivity index is 1.43. The fourth-order valence-corrected chi connectivity index (χ4v) is 3.92. The van der Waals surface area contributed by atoms with E-state index in [-0.39, 0.29) is 11.9 Å². The van der Waals surface area contributed by atoms with Crippen molar-refractivity contribution in [2.45, 2.75) is 32.4 Å². The van der Waals surface area contributed by atoms with Crippen LogP contribution in [0.25, 0.3) is 16.7 Å². The van der Waals surface area contributed by atoms with Crippen LogP contribution >= 0.6 is 0 Å². The molecule has 1 N–H and O–H groups in total. The van der Waals surface area contributed by atoms with Crippen molar-refractivity contribution in [3.8, 4) is 0 Å². The van der Waals surface area contributed by atoms with Crippen LogP contribution in [0.1, 0.15) is 36.0 Å². The molecule has 0 radical (unpaired) electrons. The van der Waals surface area contributed by atoms with Crippen LogP contribution in [0, 0.1) is 12.7 Å². The standard InChI is InChI=1S/C20H20FN5/c1-13-4-7-19-22-15(12-26(19)10-13)11-25-8-2-3-18(25)20-23-16-6-5-14(21)9-17(16)24-20/h4-7,9-10,12,18H,2-3,8,11H2,1H3,(H,23,24)/t18-/m1/s1. The molecule has 1 aromatic carbocycles. The van der Waals surface area contributed by atoms with Crippen molar-refractivity contribution in [1.82, 2.24) is 24.3 Å². The zero-order valence-electron chi connectivity index (χ0n) is 14.6. The van der Waals surface area contributed by atoms with E-state index in [2.05, 4.69) is 39.7 Å². The first-order valence-corrected chi connectivity index (χ1v) is 8.99. The molecular weight excluding hydrogens is 329 g/mol. The number of benzene rings is 1. The number of fused-ring (bicyclic) bond motifs is 2. The van der Waals surface area contributed by atoms with E-state index < -0.39 is 0 Å². The molecule has 5 nitrogen and oxygen atoms in total. The van der Waals surface area contributed by atoms with E-state index in [1.807, 2.05) is 6.07 Å². The van der Waals surface area contributed by atoms with E-state index >= 15 is 0 Å². The lowest BCUT2D eigenvalue weighted by Crippen LogP contribution is -2.23. The van der Waals surface area contributed by atoms with E-state index in [0.717, 1.165) is 54.1 Å². The lowest BCUT2D eigenvalue weighted by Gasteiger charge is -2.21. The first-order valence-electron chi connectivity index (χ1n) is 8.99. The lowest BCUT2D eigenvalue weighted by atomic mass is 10.2. The smallest absolute Gasteiger partial charge is 0.137 e. The molecule has 0 unspecified atom stereocenters. The van der Waals surface area contributed by atoms with Crippen molar-refractivity contribution in [2.24, 2.45) is 0 Å². The highest BCUT2D eigenvalue weighted by atomic mass is 19.1. The van der Waals surface area contributed by atoms with Gasteiger partial charge in [-0.3, -0.25) is 4.90 Å². The molecular formula is C20H20FN5. The maximum absolute atomic E-state index is 13.4. The zero-order chi connectivity index (χ0) is 17.7. The number of rotatable bonds is 3. The fourth-order valence-electron chi connectivity index (χ4n) is 3.92. The van der Waals surface area contributed by atoms with Crippen molar-refractivity contribution >= 4 is 16.7 Å². The molecule has 0 aliphatic carbocycles. The number of nitrogens with zero attached hydrogens (tertiary/aromatic N) is 4. The molecule has 4 aromatic rings. The third-order valence-corrected chi connectivity index (χ3v) is 5.16. The summed E-state index contributed by atoms with van der Waals surface area (Å²) >= 11 is 0. The number of H-pyrrole nitrogens is 1. The second-order valence-electron chi connectivity index (χ2n) is 7.12. The number of halogens is 1. The normalized spacial score (nSPS) is 18.3. The van der Waals surface area contributed by atoms with Crippen LogP contribution < -0.4 is 0 Å². The van der Waals surface area contributed by atoms with Crippen molar-refractivity contribution < 1.29 is 4.39 Å². The monoisotopic (exact) mass is 349 g/mol. The summed E-state index contributed by atoms with van der Waals surface area (Å²) in [5.74, 6) is 0.679. The molecule has 132 valence electrons. The summed E-state index contributed by atoms with van der Waals surface area (Å²) < 4.78 is 15.5. The predicted molar refractivity (Wildman–Crippen MR) is 98.4 cm³/mol. The predicted octanol–water partition coefficient (Wildman–Crippen LogP) is 4.00. The minimum absolute atomic E-state index is 0.219. The molecule has 0 saturated carbocycles. The summed E-state index contributed by atoms with van der Waals surface area (Å²) in [6.45, 7) is 3.89. The molecule has 4 heterocycles. The summed E-state index contributed by atoms with van der Waals surface area (Å²) in [6.07, 6.45) is 6.38. The second-order valence-corrected chi connectivity index (χ2v) is 7.12. The Kier molecular flexibility index (Phi) is 3.53. The van der Waals surface area contributed by atoms with Gasteiger partial charge in [-0.2, -0.15) is 0 Å². The highest BCUT2D eigenvalue weighted by Crippen LogP contribution is 2.32. The minimum atomic E-state index is -0.240. The summed E-state index contributed by atoms with van der Waals surface area (Å²) in [5, 5.41) is 0. The Morgan fingerprint density at radius 2 is 2.12 bits per heavy atom. The molecule has 6 heteroatoms. The van der Waals surface area contributed by atoms with Crippen molar-refractivity contribution in [3.63, 3.8) is 0 Å². The van der Waals surface area contributed by atoms with Crippen LogP contribution in [0.4, 0.5) is 4.39 Å². The quantitative estimate of drug-likeness (QED) is 0.608. The van der Waals surface area contributed by atoms with E-state index in [9.17, 15) is 4.39 Å². The topological polar surface area (TPSA) is 49.2 Å². The van der Waals surface area contributed by atoms with Crippen LogP contribution in [0.15, 0.2) is 42.7 Å². The van der Waals surface area contributed by atoms with Gasteiger partial charge in [0.1, 0.15) is 17.3 Å². The van der Waals surface area contributed by atoms with E-state index in [0.29, 0.717) is 0 Å².